The van der Waals surface area contributed by atoms with Gasteiger partial charge in [0.25, 0.3) is 5.92 Å². The second kappa shape index (κ2) is 12.2. The van der Waals surface area contributed by atoms with Crippen LogP contribution in [0.15, 0.2) is 12.4 Å². The first-order valence-corrected chi connectivity index (χ1v) is 13.8. The topological polar surface area (TPSA) is 68.3 Å². The van der Waals surface area contributed by atoms with Gasteiger partial charge in [-0.15, -0.1) is 0 Å². The standard InChI is InChI=1S/C29H52F2N4O2/c1-25(2,3)35-21-17-22(18-21)37-24-20-32-23(19-33-24)27(7,8)11-12-28(9,10)34-15-13-29(30,31)14-16-36-26(4,5)6/h19-22,34-35H,11-18H2,1-10H3. The predicted molar refractivity (Wildman–Crippen MR) is 147 cm³/mol. The molecule has 0 amide bonds. The number of nitrogens with one attached hydrogen (secondary N) is 2. The van der Waals surface area contributed by atoms with E-state index in [2.05, 4.69) is 69.1 Å². The lowest BCUT2D eigenvalue weighted by molar-refractivity contribution is -0.0701. The van der Waals surface area contributed by atoms with E-state index in [4.69, 9.17) is 9.47 Å². The van der Waals surface area contributed by atoms with Crippen LogP contribution in [-0.2, 0) is 10.2 Å². The molecule has 0 bridgehead atoms. The largest absolute Gasteiger partial charge is 0.473 e. The molecule has 1 aromatic heterocycles. The average molecular weight is 527 g/mol. The van der Waals surface area contributed by atoms with E-state index >= 15 is 0 Å². The molecular formula is C29H52F2N4O2. The molecule has 0 aliphatic heterocycles. The van der Waals surface area contributed by atoms with Gasteiger partial charge in [0, 0.05) is 41.9 Å². The molecule has 2 N–H and O–H groups in total. The van der Waals surface area contributed by atoms with Crippen LogP contribution in [0, 0.1) is 0 Å². The molecule has 1 aliphatic rings. The second-order valence-electron chi connectivity index (χ2n) is 14.1. The van der Waals surface area contributed by atoms with Crippen molar-refractivity contribution in [3.8, 4) is 5.88 Å². The molecule has 1 heterocycles. The van der Waals surface area contributed by atoms with Gasteiger partial charge in [-0.05, 0) is 81.1 Å². The monoisotopic (exact) mass is 526 g/mol. The van der Waals surface area contributed by atoms with E-state index in [0.29, 0.717) is 11.9 Å². The molecule has 0 atom stereocenters. The Kier molecular flexibility index (Phi) is 10.5. The maximum atomic E-state index is 14.2. The molecule has 0 unspecified atom stereocenters. The van der Waals surface area contributed by atoms with Gasteiger partial charge in [-0.3, -0.25) is 4.98 Å². The first-order chi connectivity index (χ1) is 16.8. The van der Waals surface area contributed by atoms with Gasteiger partial charge in [0.2, 0.25) is 5.88 Å². The first-order valence-electron chi connectivity index (χ1n) is 13.8. The normalized spacial score (nSPS) is 19.6. The van der Waals surface area contributed by atoms with Crippen LogP contribution in [0.5, 0.6) is 5.88 Å². The summed E-state index contributed by atoms with van der Waals surface area (Å²) in [5.41, 5.74) is 0.149. The minimum atomic E-state index is -2.74. The Morgan fingerprint density at radius 2 is 1.51 bits per heavy atom. The predicted octanol–water partition coefficient (Wildman–Crippen LogP) is 6.43. The molecule has 37 heavy (non-hydrogen) atoms. The van der Waals surface area contributed by atoms with Crippen LogP contribution in [0.2, 0.25) is 0 Å². The van der Waals surface area contributed by atoms with Crippen LogP contribution in [-0.4, -0.2) is 57.9 Å². The van der Waals surface area contributed by atoms with Gasteiger partial charge in [0.05, 0.1) is 30.3 Å². The Labute approximate surface area is 224 Å². The van der Waals surface area contributed by atoms with Crippen LogP contribution in [0.3, 0.4) is 0 Å². The summed E-state index contributed by atoms with van der Waals surface area (Å²) in [7, 11) is 0. The average Bonchev–Trinajstić information content (AvgIpc) is 2.69. The maximum Gasteiger partial charge on any atom is 0.251 e. The molecule has 214 valence electrons. The summed E-state index contributed by atoms with van der Waals surface area (Å²) < 4.78 is 39.9. The van der Waals surface area contributed by atoms with Crippen LogP contribution in [0.1, 0.15) is 113 Å². The number of hydrogen-bond acceptors (Lipinski definition) is 6. The molecule has 0 aromatic carbocycles. The molecular weight excluding hydrogens is 474 g/mol. The summed E-state index contributed by atoms with van der Waals surface area (Å²) in [6.07, 6.45) is 6.87. The van der Waals surface area contributed by atoms with Crippen molar-refractivity contribution in [1.82, 2.24) is 20.6 Å². The number of rotatable bonds is 14. The second-order valence-corrected chi connectivity index (χ2v) is 14.1. The number of alkyl halides is 2. The van der Waals surface area contributed by atoms with Crippen LogP contribution < -0.4 is 15.4 Å². The summed E-state index contributed by atoms with van der Waals surface area (Å²) in [6, 6.07) is 0.488. The number of halogens is 2. The van der Waals surface area contributed by atoms with Crippen molar-refractivity contribution < 1.29 is 18.3 Å². The van der Waals surface area contributed by atoms with Crippen molar-refractivity contribution in [3.63, 3.8) is 0 Å². The van der Waals surface area contributed by atoms with Crippen molar-refractivity contribution in [1.29, 1.82) is 0 Å². The Morgan fingerprint density at radius 1 is 0.865 bits per heavy atom. The Hall–Kier alpha value is -1.38. The van der Waals surface area contributed by atoms with Crippen molar-refractivity contribution in [2.24, 2.45) is 0 Å². The lowest BCUT2D eigenvalue weighted by atomic mass is 9.80. The summed E-state index contributed by atoms with van der Waals surface area (Å²) in [5, 5.41) is 6.92. The van der Waals surface area contributed by atoms with Crippen molar-refractivity contribution in [2.75, 3.05) is 13.2 Å². The summed E-state index contributed by atoms with van der Waals surface area (Å²) in [6.45, 7) is 20.9. The molecule has 0 saturated heterocycles. The van der Waals surface area contributed by atoms with E-state index in [0.717, 1.165) is 31.4 Å². The highest BCUT2D eigenvalue weighted by atomic mass is 19.3. The third-order valence-electron chi connectivity index (χ3n) is 6.81. The minimum Gasteiger partial charge on any atom is -0.473 e. The molecule has 0 radical (unpaired) electrons. The molecule has 6 nitrogen and oxygen atoms in total. The van der Waals surface area contributed by atoms with Crippen molar-refractivity contribution in [2.45, 2.75) is 148 Å². The lowest BCUT2D eigenvalue weighted by Crippen LogP contribution is -2.53. The Bertz CT molecular complexity index is 824. The van der Waals surface area contributed by atoms with Gasteiger partial charge in [-0.25, -0.2) is 13.8 Å². The van der Waals surface area contributed by atoms with E-state index < -0.39 is 11.5 Å². The zero-order valence-electron chi connectivity index (χ0n) is 24.9. The Morgan fingerprint density at radius 3 is 2.05 bits per heavy atom. The molecule has 2 rings (SSSR count). The lowest BCUT2D eigenvalue weighted by Gasteiger charge is -2.39. The summed E-state index contributed by atoms with van der Waals surface area (Å²) >= 11 is 0. The fourth-order valence-corrected chi connectivity index (χ4v) is 4.35. The highest BCUT2D eigenvalue weighted by molar-refractivity contribution is 5.15. The van der Waals surface area contributed by atoms with Crippen LogP contribution in [0.25, 0.3) is 0 Å². The smallest absolute Gasteiger partial charge is 0.251 e. The zero-order valence-corrected chi connectivity index (χ0v) is 24.9. The molecule has 1 aromatic rings. The van der Waals surface area contributed by atoms with Crippen molar-refractivity contribution in [3.05, 3.63) is 18.1 Å². The zero-order chi connectivity index (χ0) is 28.1. The highest BCUT2D eigenvalue weighted by Gasteiger charge is 2.34. The highest BCUT2D eigenvalue weighted by Crippen LogP contribution is 2.31. The van der Waals surface area contributed by atoms with E-state index in [-0.39, 0.29) is 48.6 Å². The van der Waals surface area contributed by atoms with Crippen LogP contribution in [0.4, 0.5) is 8.78 Å². The van der Waals surface area contributed by atoms with Gasteiger partial charge >= 0.3 is 0 Å². The number of aromatic nitrogens is 2. The maximum absolute atomic E-state index is 14.2. The molecule has 8 heteroatoms. The van der Waals surface area contributed by atoms with Gasteiger partial charge in [0.1, 0.15) is 6.10 Å². The molecule has 1 saturated carbocycles. The number of ether oxygens (including phenoxy) is 2. The van der Waals surface area contributed by atoms with E-state index in [1.807, 2.05) is 20.8 Å². The molecule has 0 spiro atoms. The van der Waals surface area contributed by atoms with E-state index in [1.165, 1.54) is 0 Å². The minimum absolute atomic E-state index is 0.0640. The van der Waals surface area contributed by atoms with Crippen LogP contribution >= 0.6 is 0 Å². The van der Waals surface area contributed by atoms with E-state index in [9.17, 15) is 8.78 Å². The van der Waals surface area contributed by atoms with Gasteiger partial charge < -0.3 is 20.1 Å². The summed E-state index contributed by atoms with van der Waals surface area (Å²) in [4.78, 5) is 9.16. The summed E-state index contributed by atoms with van der Waals surface area (Å²) in [5.74, 6) is -2.18. The van der Waals surface area contributed by atoms with Crippen molar-refractivity contribution >= 4 is 0 Å². The number of hydrogen-bond donors (Lipinski definition) is 2. The molecule has 1 aliphatic carbocycles. The molecule has 1 fully saturated rings. The fourth-order valence-electron chi connectivity index (χ4n) is 4.35. The Balaban J connectivity index is 1.75. The first kappa shape index (κ1) is 31.8. The SMILES string of the molecule is CC(C)(C)NC1CC(Oc2cnc(C(C)(C)CCC(C)(C)NCCC(F)(F)CCOC(C)(C)C)cn2)C1. The third kappa shape index (κ3) is 12.3. The van der Waals surface area contributed by atoms with Gasteiger partial charge in [0.15, 0.2) is 0 Å². The fraction of sp³-hybridized carbons (Fsp3) is 0.862. The number of nitrogens with zero attached hydrogens (tertiary/aromatic N) is 2. The quantitative estimate of drug-likeness (QED) is 0.291. The third-order valence-corrected chi connectivity index (χ3v) is 6.81. The van der Waals surface area contributed by atoms with E-state index in [1.54, 1.807) is 12.4 Å². The van der Waals surface area contributed by atoms with Gasteiger partial charge in [-0.1, -0.05) is 13.8 Å². The van der Waals surface area contributed by atoms with Gasteiger partial charge in [-0.2, -0.15) is 0 Å².